The van der Waals surface area contributed by atoms with Gasteiger partial charge in [-0.05, 0) is 29.8 Å². The van der Waals surface area contributed by atoms with Crippen molar-refractivity contribution < 1.29 is 9.53 Å². The summed E-state index contributed by atoms with van der Waals surface area (Å²) < 4.78 is 5.84. The van der Waals surface area contributed by atoms with E-state index in [2.05, 4.69) is 27.3 Å². The Labute approximate surface area is 136 Å². The summed E-state index contributed by atoms with van der Waals surface area (Å²) in [6.07, 6.45) is 1.84. The molecule has 1 aromatic carbocycles. The molecule has 0 aliphatic carbocycles. The van der Waals surface area contributed by atoms with Gasteiger partial charge in [-0.15, -0.1) is 0 Å². The summed E-state index contributed by atoms with van der Waals surface area (Å²) in [4.78, 5) is 17.8. The van der Waals surface area contributed by atoms with E-state index in [9.17, 15) is 4.79 Å². The van der Waals surface area contributed by atoms with Crippen molar-refractivity contribution in [2.75, 3.05) is 25.0 Å². The van der Waals surface area contributed by atoms with Gasteiger partial charge in [-0.3, -0.25) is 14.7 Å². The lowest BCUT2D eigenvalue weighted by Gasteiger charge is -2.32. The summed E-state index contributed by atoms with van der Waals surface area (Å²) in [5.74, 6) is -0.0517. The second kappa shape index (κ2) is 7.35. The molecule has 5 nitrogen and oxygen atoms in total. The summed E-state index contributed by atoms with van der Waals surface area (Å²) >= 11 is 0. The topological polar surface area (TPSA) is 54.5 Å². The predicted molar refractivity (Wildman–Crippen MR) is 89.0 cm³/mol. The van der Waals surface area contributed by atoms with Crippen molar-refractivity contribution in [1.82, 2.24) is 9.88 Å². The zero-order valence-electron chi connectivity index (χ0n) is 13.2. The van der Waals surface area contributed by atoms with Crippen molar-refractivity contribution in [3.05, 3.63) is 59.9 Å². The van der Waals surface area contributed by atoms with Crippen LogP contribution in [0, 0.1) is 0 Å². The monoisotopic (exact) mass is 311 g/mol. The quantitative estimate of drug-likeness (QED) is 0.943. The van der Waals surface area contributed by atoms with Crippen molar-refractivity contribution in [2.45, 2.75) is 19.6 Å². The molecule has 2 aromatic rings. The number of nitrogens with zero attached hydrogens (tertiary/aromatic N) is 2. The van der Waals surface area contributed by atoms with E-state index in [1.165, 1.54) is 12.5 Å². The molecule has 0 spiro atoms. The van der Waals surface area contributed by atoms with E-state index in [4.69, 9.17) is 4.74 Å². The zero-order valence-corrected chi connectivity index (χ0v) is 13.2. The van der Waals surface area contributed by atoms with Crippen LogP contribution in [0.15, 0.2) is 48.7 Å². The van der Waals surface area contributed by atoms with Crippen LogP contribution in [0.25, 0.3) is 0 Å². The van der Waals surface area contributed by atoms with E-state index in [0.29, 0.717) is 6.61 Å². The number of benzene rings is 1. The molecule has 0 saturated carbocycles. The maximum absolute atomic E-state index is 11.0. The summed E-state index contributed by atoms with van der Waals surface area (Å²) in [6.45, 7) is 4.85. The zero-order chi connectivity index (χ0) is 16.1. The number of amides is 1. The number of carbonyl (C=O) groups excluding carboxylic acids is 1. The maximum Gasteiger partial charge on any atom is 0.221 e. The number of hydrogen-bond donors (Lipinski definition) is 1. The second-order valence-corrected chi connectivity index (χ2v) is 5.73. The van der Waals surface area contributed by atoms with Crippen molar-refractivity contribution in [1.29, 1.82) is 0 Å². The lowest BCUT2D eigenvalue weighted by molar-refractivity contribution is -0.114. The third-order valence-corrected chi connectivity index (χ3v) is 3.85. The van der Waals surface area contributed by atoms with E-state index < -0.39 is 0 Å². The van der Waals surface area contributed by atoms with Gasteiger partial charge in [-0.25, -0.2) is 0 Å². The highest BCUT2D eigenvalue weighted by Crippen LogP contribution is 2.21. The Bertz CT molecular complexity index is 643. The van der Waals surface area contributed by atoms with E-state index >= 15 is 0 Å². The Morgan fingerprint density at radius 1 is 1.30 bits per heavy atom. The first-order valence-corrected chi connectivity index (χ1v) is 7.82. The second-order valence-electron chi connectivity index (χ2n) is 5.73. The van der Waals surface area contributed by atoms with Gasteiger partial charge >= 0.3 is 0 Å². The minimum atomic E-state index is -0.0517. The first-order valence-electron chi connectivity index (χ1n) is 7.82. The number of hydrogen-bond acceptors (Lipinski definition) is 4. The Hall–Kier alpha value is -2.24. The molecule has 120 valence electrons. The molecule has 1 aliphatic rings. The average Bonchev–Trinajstić information content (AvgIpc) is 2.57. The maximum atomic E-state index is 11.0. The number of morpholine rings is 1. The molecule has 1 amide bonds. The molecule has 0 bridgehead atoms. The molecule has 2 heterocycles. The summed E-state index contributed by atoms with van der Waals surface area (Å²) in [5.41, 5.74) is 3.04. The summed E-state index contributed by atoms with van der Waals surface area (Å²) in [6, 6.07) is 13.9. The van der Waals surface area contributed by atoms with Gasteiger partial charge in [0.25, 0.3) is 0 Å². The Kier molecular flexibility index (Phi) is 5.00. The highest BCUT2D eigenvalue weighted by Gasteiger charge is 2.22. The van der Waals surface area contributed by atoms with Crippen LogP contribution >= 0.6 is 0 Å². The van der Waals surface area contributed by atoms with Crippen LogP contribution < -0.4 is 5.32 Å². The molecule has 0 radical (unpaired) electrons. The Morgan fingerprint density at radius 2 is 2.13 bits per heavy atom. The normalized spacial score (nSPS) is 18.6. The standard InChI is InChI=1S/C18H21N3O2/c1-14(22)20-16-7-5-15(6-8-16)12-21-10-11-23-18(13-21)17-4-2-3-9-19-17/h2-9,18H,10-13H2,1H3,(H,20,22)/t18-/m0/s1. The third kappa shape index (κ3) is 4.37. The third-order valence-electron chi connectivity index (χ3n) is 3.85. The highest BCUT2D eigenvalue weighted by atomic mass is 16.5. The molecule has 1 aliphatic heterocycles. The highest BCUT2D eigenvalue weighted by molar-refractivity contribution is 5.88. The molecule has 23 heavy (non-hydrogen) atoms. The largest absolute Gasteiger partial charge is 0.369 e. The fraction of sp³-hybridized carbons (Fsp3) is 0.333. The molecule has 1 saturated heterocycles. The van der Waals surface area contributed by atoms with Crippen LogP contribution in [-0.4, -0.2) is 35.5 Å². The van der Waals surface area contributed by atoms with Gasteiger partial charge in [0.15, 0.2) is 0 Å². The van der Waals surface area contributed by atoms with Crippen LogP contribution in [0.5, 0.6) is 0 Å². The fourth-order valence-electron chi connectivity index (χ4n) is 2.75. The van der Waals surface area contributed by atoms with Gasteiger partial charge in [0.1, 0.15) is 6.10 Å². The van der Waals surface area contributed by atoms with E-state index in [0.717, 1.165) is 31.0 Å². The van der Waals surface area contributed by atoms with Crippen molar-refractivity contribution in [3.63, 3.8) is 0 Å². The first-order chi connectivity index (χ1) is 11.2. The van der Waals surface area contributed by atoms with E-state index in [-0.39, 0.29) is 12.0 Å². The minimum Gasteiger partial charge on any atom is -0.369 e. The number of nitrogens with one attached hydrogen (secondary N) is 1. The van der Waals surface area contributed by atoms with Crippen LogP contribution in [0.2, 0.25) is 0 Å². The van der Waals surface area contributed by atoms with E-state index in [1.54, 1.807) is 6.20 Å². The molecule has 3 rings (SSSR count). The van der Waals surface area contributed by atoms with Crippen molar-refractivity contribution >= 4 is 11.6 Å². The van der Waals surface area contributed by atoms with Crippen LogP contribution in [0.4, 0.5) is 5.69 Å². The van der Waals surface area contributed by atoms with Gasteiger partial charge in [0.05, 0.1) is 12.3 Å². The Morgan fingerprint density at radius 3 is 2.83 bits per heavy atom. The SMILES string of the molecule is CC(=O)Nc1ccc(CN2CCO[C@H](c3ccccn3)C2)cc1. The summed E-state index contributed by atoms with van der Waals surface area (Å²) in [5, 5.41) is 2.78. The molecule has 1 N–H and O–H groups in total. The molecule has 1 aromatic heterocycles. The van der Waals surface area contributed by atoms with Crippen LogP contribution in [0.3, 0.4) is 0 Å². The number of anilines is 1. The fourth-order valence-corrected chi connectivity index (χ4v) is 2.75. The molecule has 1 atom stereocenters. The molecule has 1 fully saturated rings. The van der Waals surface area contributed by atoms with Gasteiger partial charge in [-0.1, -0.05) is 18.2 Å². The van der Waals surface area contributed by atoms with Gasteiger partial charge in [-0.2, -0.15) is 0 Å². The minimum absolute atomic E-state index is 0.0311. The number of aromatic nitrogens is 1. The molecule has 0 unspecified atom stereocenters. The molecular formula is C18H21N3O2. The average molecular weight is 311 g/mol. The van der Waals surface area contributed by atoms with Gasteiger partial charge in [0.2, 0.25) is 5.91 Å². The number of rotatable bonds is 4. The smallest absolute Gasteiger partial charge is 0.221 e. The van der Waals surface area contributed by atoms with Crippen molar-refractivity contribution in [2.24, 2.45) is 0 Å². The Balaban J connectivity index is 1.60. The number of carbonyl (C=O) groups is 1. The lowest BCUT2D eigenvalue weighted by Crippen LogP contribution is -2.38. The van der Waals surface area contributed by atoms with Crippen LogP contribution in [0.1, 0.15) is 24.3 Å². The molecule has 5 heteroatoms. The predicted octanol–water partition coefficient (Wildman–Crippen LogP) is 2.61. The van der Waals surface area contributed by atoms with Gasteiger partial charge < -0.3 is 10.1 Å². The number of pyridine rings is 1. The van der Waals surface area contributed by atoms with E-state index in [1.807, 2.05) is 30.3 Å². The summed E-state index contributed by atoms with van der Waals surface area (Å²) in [7, 11) is 0. The number of ether oxygens (including phenoxy) is 1. The van der Waals surface area contributed by atoms with Gasteiger partial charge in [0, 0.05) is 38.4 Å². The van der Waals surface area contributed by atoms with Crippen molar-refractivity contribution in [3.8, 4) is 0 Å². The lowest BCUT2D eigenvalue weighted by atomic mass is 10.1. The van der Waals surface area contributed by atoms with Crippen LogP contribution in [-0.2, 0) is 16.1 Å². The molecular weight excluding hydrogens is 290 g/mol. The first kappa shape index (κ1) is 15.6.